The van der Waals surface area contributed by atoms with Gasteiger partial charge in [-0.25, -0.2) is 9.78 Å². The molecule has 0 amide bonds. The number of methoxy groups -OCH3 is 2. The van der Waals surface area contributed by atoms with Crippen molar-refractivity contribution in [3.63, 3.8) is 0 Å². The molecule has 14 heteroatoms. The van der Waals surface area contributed by atoms with Gasteiger partial charge in [-0.1, -0.05) is 0 Å². The third-order valence-electron chi connectivity index (χ3n) is 4.90. The SMILES string of the molecule is COc1ccc(-c2nsc(-c3nc(C(F)(F)F)cs3)c2C2=CC(=O)OC(CO)(CO)O2)cc1OC. The van der Waals surface area contributed by atoms with Gasteiger partial charge in [-0.3, -0.25) is 0 Å². The Morgan fingerprint density at radius 3 is 2.43 bits per heavy atom. The Bertz CT molecular complexity index is 1280. The maximum absolute atomic E-state index is 13.2. The van der Waals surface area contributed by atoms with Crippen molar-refractivity contribution in [3.8, 4) is 32.6 Å². The molecule has 0 unspecified atom stereocenters. The Balaban J connectivity index is 1.93. The Hall–Kier alpha value is -3.20. The summed E-state index contributed by atoms with van der Waals surface area (Å²) in [5, 5.41) is 20.2. The third kappa shape index (κ3) is 4.69. The summed E-state index contributed by atoms with van der Waals surface area (Å²) in [7, 11) is 2.89. The lowest BCUT2D eigenvalue weighted by Gasteiger charge is -2.34. The molecule has 2 aromatic heterocycles. The number of hydrogen-bond donors (Lipinski definition) is 2. The Morgan fingerprint density at radius 1 is 1.11 bits per heavy atom. The van der Waals surface area contributed by atoms with Gasteiger partial charge in [-0.05, 0) is 29.7 Å². The van der Waals surface area contributed by atoms with Crippen LogP contribution in [0.3, 0.4) is 0 Å². The number of hydrogen-bond acceptors (Lipinski definition) is 11. The lowest BCUT2D eigenvalue weighted by Crippen LogP contribution is -2.46. The molecule has 2 N–H and O–H groups in total. The van der Waals surface area contributed by atoms with Crippen LogP contribution in [0.25, 0.3) is 26.9 Å². The monoisotopic (exact) mass is 530 g/mol. The molecule has 4 rings (SSSR count). The zero-order valence-corrected chi connectivity index (χ0v) is 19.7. The van der Waals surface area contributed by atoms with Crippen LogP contribution in [0.1, 0.15) is 11.3 Å². The lowest BCUT2D eigenvalue weighted by molar-refractivity contribution is -0.235. The number of thiazole rings is 1. The number of benzene rings is 1. The van der Waals surface area contributed by atoms with E-state index in [1.165, 1.54) is 14.2 Å². The van der Waals surface area contributed by atoms with Crippen molar-refractivity contribution >= 4 is 34.6 Å². The quantitative estimate of drug-likeness (QED) is 0.442. The number of aliphatic hydroxyl groups excluding tert-OH is 2. The molecule has 3 aromatic rings. The number of aromatic nitrogens is 2. The molecule has 0 aliphatic carbocycles. The average Bonchev–Trinajstić information content (AvgIpc) is 3.50. The van der Waals surface area contributed by atoms with Crippen LogP contribution < -0.4 is 9.47 Å². The summed E-state index contributed by atoms with van der Waals surface area (Å²) in [5.74, 6) is -2.40. The molecule has 0 spiro atoms. The fourth-order valence-electron chi connectivity index (χ4n) is 3.23. The number of esters is 1. The van der Waals surface area contributed by atoms with E-state index in [0.717, 1.165) is 34.3 Å². The lowest BCUT2D eigenvalue weighted by atomic mass is 10.0. The minimum Gasteiger partial charge on any atom is -0.493 e. The van der Waals surface area contributed by atoms with E-state index in [2.05, 4.69) is 9.36 Å². The van der Waals surface area contributed by atoms with Gasteiger partial charge in [0.1, 0.15) is 24.0 Å². The van der Waals surface area contributed by atoms with Gasteiger partial charge >= 0.3 is 12.1 Å². The maximum atomic E-state index is 13.2. The zero-order valence-electron chi connectivity index (χ0n) is 18.1. The minimum atomic E-state index is -4.65. The van der Waals surface area contributed by atoms with Crippen molar-refractivity contribution in [2.24, 2.45) is 0 Å². The van der Waals surface area contributed by atoms with Gasteiger partial charge < -0.3 is 29.2 Å². The van der Waals surface area contributed by atoms with Crippen LogP contribution in [-0.2, 0) is 20.4 Å². The molecule has 0 radical (unpaired) electrons. The van der Waals surface area contributed by atoms with Crippen LogP contribution in [0.4, 0.5) is 13.2 Å². The van der Waals surface area contributed by atoms with Gasteiger partial charge in [0.2, 0.25) is 0 Å². The molecule has 3 heterocycles. The van der Waals surface area contributed by atoms with Crippen LogP contribution in [0, 0.1) is 0 Å². The second-order valence-electron chi connectivity index (χ2n) is 7.10. The number of aliphatic hydroxyl groups is 2. The summed E-state index contributed by atoms with van der Waals surface area (Å²) in [4.78, 5) is 16.2. The number of halogens is 3. The highest BCUT2D eigenvalue weighted by Gasteiger charge is 2.42. The predicted octanol–water partition coefficient (Wildman–Crippen LogP) is 3.56. The fourth-order valence-corrected chi connectivity index (χ4v) is 5.04. The first-order valence-corrected chi connectivity index (χ1v) is 11.4. The van der Waals surface area contributed by atoms with Crippen molar-refractivity contribution in [1.82, 2.24) is 9.36 Å². The highest BCUT2D eigenvalue weighted by Crippen LogP contribution is 2.45. The number of nitrogens with zero attached hydrogens (tertiary/aromatic N) is 2. The standard InChI is InChI=1S/C21H17F3N2O7S2/c1-30-11-4-3-10(5-12(11)31-2)17-16(13-6-15(29)33-20(8-27,9-28)32-13)18(35-26-17)19-25-14(7-34-19)21(22,23)24/h3-7,27-28H,8-9H2,1-2H3. The molecule has 0 fully saturated rings. The van der Waals surface area contributed by atoms with E-state index in [4.69, 9.17) is 18.9 Å². The van der Waals surface area contributed by atoms with Crippen LogP contribution >= 0.6 is 22.9 Å². The summed E-state index contributed by atoms with van der Waals surface area (Å²) >= 11 is 1.58. The maximum Gasteiger partial charge on any atom is 0.434 e. The summed E-state index contributed by atoms with van der Waals surface area (Å²) in [6.07, 6.45) is -3.70. The van der Waals surface area contributed by atoms with Gasteiger partial charge in [-0.15, -0.1) is 11.3 Å². The van der Waals surface area contributed by atoms with E-state index < -0.39 is 36.8 Å². The number of cyclic esters (lactones) is 1. The normalized spacial score (nSPS) is 15.3. The number of carbonyl (C=O) groups excluding carboxylic acids is 1. The van der Waals surface area contributed by atoms with E-state index >= 15 is 0 Å². The molecular weight excluding hydrogens is 513 g/mol. The third-order valence-corrected chi connectivity index (χ3v) is 6.74. The minimum absolute atomic E-state index is 0.0152. The van der Waals surface area contributed by atoms with Crippen molar-refractivity contribution in [1.29, 1.82) is 0 Å². The van der Waals surface area contributed by atoms with Crippen molar-refractivity contribution < 1.29 is 47.1 Å². The summed E-state index contributed by atoms with van der Waals surface area (Å²) in [5.41, 5.74) is -0.244. The van der Waals surface area contributed by atoms with Crippen LogP contribution in [0.5, 0.6) is 11.5 Å². The van der Waals surface area contributed by atoms with Gasteiger partial charge in [0, 0.05) is 10.9 Å². The highest BCUT2D eigenvalue weighted by molar-refractivity contribution is 7.18. The largest absolute Gasteiger partial charge is 0.493 e. The number of alkyl halides is 3. The summed E-state index contributed by atoms with van der Waals surface area (Å²) in [6.45, 7) is -1.75. The van der Waals surface area contributed by atoms with Crippen molar-refractivity contribution in [3.05, 3.63) is 40.9 Å². The number of rotatable bonds is 7. The van der Waals surface area contributed by atoms with E-state index in [1.54, 1.807) is 18.2 Å². The fraction of sp³-hybridized carbons (Fsp3) is 0.286. The first-order chi connectivity index (χ1) is 16.6. The molecule has 0 saturated carbocycles. The molecule has 35 heavy (non-hydrogen) atoms. The van der Waals surface area contributed by atoms with Gasteiger partial charge in [0.05, 0.1) is 36.4 Å². The van der Waals surface area contributed by atoms with Gasteiger partial charge in [-0.2, -0.15) is 17.5 Å². The summed E-state index contributed by atoms with van der Waals surface area (Å²) < 4.78 is 65.2. The second kappa shape index (κ2) is 9.45. The molecule has 1 aliphatic heterocycles. The zero-order chi connectivity index (χ0) is 25.4. The molecule has 0 saturated heterocycles. The van der Waals surface area contributed by atoms with Crippen LogP contribution in [0.2, 0.25) is 0 Å². The first-order valence-electron chi connectivity index (χ1n) is 9.75. The van der Waals surface area contributed by atoms with Crippen molar-refractivity contribution in [2.45, 2.75) is 12.0 Å². The number of ether oxygens (including phenoxy) is 4. The first kappa shape index (κ1) is 24.9. The molecule has 9 nitrogen and oxygen atoms in total. The molecule has 0 bridgehead atoms. The number of carbonyl (C=O) groups is 1. The van der Waals surface area contributed by atoms with E-state index in [-0.39, 0.29) is 26.9 Å². The Morgan fingerprint density at radius 2 is 1.83 bits per heavy atom. The highest BCUT2D eigenvalue weighted by atomic mass is 32.1. The second-order valence-corrected chi connectivity index (χ2v) is 8.73. The smallest absolute Gasteiger partial charge is 0.434 e. The van der Waals surface area contributed by atoms with Crippen molar-refractivity contribution in [2.75, 3.05) is 27.4 Å². The van der Waals surface area contributed by atoms with Gasteiger partial charge in [0.25, 0.3) is 5.79 Å². The van der Waals surface area contributed by atoms with E-state index in [0.29, 0.717) is 17.1 Å². The molecule has 1 aliphatic rings. The predicted molar refractivity (Wildman–Crippen MR) is 119 cm³/mol. The van der Waals surface area contributed by atoms with Gasteiger partial charge in [0.15, 0.2) is 17.2 Å². The molecular formula is C21H17F3N2O7S2. The van der Waals surface area contributed by atoms with E-state index in [1.807, 2.05) is 0 Å². The molecule has 186 valence electrons. The van der Waals surface area contributed by atoms with Crippen LogP contribution in [-0.4, -0.2) is 58.8 Å². The van der Waals surface area contributed by atoms with E-state index in [9.17, 15) is 28.2 Å². The molecule has 0 atom stereocenters. The average molecular weight is 531 g/mol. The topological polar surface area (TPSA) is 120 Å². The Labute approximate surface area is 204 Å². The summed E-state index contributed by atoms with van der Waals surface area (Å²) in [6, 6.07) is 4.84. The Kier molecular flexibility index (Phi) is 6.73. The molecule has 1 aromatic carbocycles. The van der Waals surface area contributed by atoms with Crippen LogP contribution in [0.15, 0.2) is 29.7 Å².